The van der Waals surface area contributed by atoms with Crippen LogP contribution in [-0.4, -0.2) is 56.8 Å². The van der Waals surface area contributed by atoms with Crippen molar-refractivity contribution in [2.24, 2.45) is 10.7 Å². The summed E-state index contributed by atoms with van der Waals surface area (Å²) in [5, 5.41) is 5.48. The number of thiophene rings is 1. The first-order valence-corrected chi connectivity index (χ1v) is 10.5. The summed E-state index contributed by atoms with van der Waals surface area (Å²) in [4.78, 5) is 8.65. The second-order valence-corrected chi connectivity index (χ2v) is 8.20. The van der Waals surface area contributed by atoms with Crippen LogP contribution in [0.4, 0.5) is 0 Å². The third kappa shape index (κ3) is 5.43. The molecule has 0 amide bonds. The minimum absolute atomic E-state index is 0.215. The van der Waals surface area contributed by atoms with Crippen LogP contribution in [-0.2, 0) is 10.2 Å². The highest BCUT2D eigenvalue weighted by molar-refractivity contribution is 7.10. The number of morpholine rings is 1. The molecule has 1 saturated carbocycles. The Bertz CT molecular complexity index is 520. The van der Waals surface area contributed by atoms with E-state index in [2.05, 4.69) is 27.7 Å². The smallest absolute Gasteiger partial charge is 0.188 e. The van der Waals surface area contributed by atoms with E-state index in [0.717, 1.165) is 52.4 Å². The number of guanidine groups is 1. The lowest BCUT2D eigenvalue weighted by Gasteiger charge is -2.35. The highest BCUT2D eigenvalue weighted by Gasteiger charge is 2.34. The van der Waals surface area contributed by atoms with Gasteiger partial charge in [-0.15, -0.1) is 11.3 Å². The quantitative estimate of drug-likeness (QED) is 0.443. The summed E-state index contributed by atoms with van der Waals surface area (Å²) < 4.78 is 5.38. The molecule has 6 heteroatoms. The summed E-state index contributed by atoms with van der Waals surface area (Å²) in [7, 11) is 0. The fourth-order valence-corrected chi connectivity index (χ4v) is 4.91. The van der Waals surface area contributed by atoms with E-state index in [9.17, 15) is 0 Å². The van der Waals surface area contributed by atoms with Gasteiger partial charge < -0.3 is 15.8 Å². The molecule has 1 aliphatic carbocycles. The van der Waals surface area contributed by atoms with E-state index < -0.39 is 0 Å². The number of nitrogens with one attached hydrogen (secondary N) is 1. The average Bonchev–Trinajstić information content (AvgIpc) is 3.21. The maximum absolute atomic E-state index is 6.13. The summed E-state index contributed by atoms with van der Waals surface area (Å²) in [6, 6.07) is 4.44. The van der Waals surface area contributed by atoms with Gasteiger partial charge in [0.2, 0.25) is 0 Å². The summed E-state index contributed by atoms with van der Waals surface area (Å²) in [5.74, 6) is 0.600. The van der Waals surface area contributed by atoms with Gasteiger partial charge in [-0.3, -0.25) is 9.89 Å². The molecule has 0 aromatic carbocycles. The van der Waals surface area contributed by atoms with Crippen molar-refractivity contribution in [3.05, 3.63) is 22.4 Å². The molecule has 140 valence electrons. The van der Waals surface area contributed by atoms with Crippen molar-refractivity contribution < 1.29 is 4.74 Å². The van der Waals surface area contributed by atoms with E-state index >= 15 is 0 Å². The molecule has 1 aliphatic heterocycles. The maximum Gasteiger partial charge on any atom is 0.188 e. The first kappa shape index (κ1) is 18.7. The maximum atomic E-state index is 6.13. The number of hydrogen-bond acceptors (Lipinski definition) is 4. The number of nitrogens with two attached hydrogens (primary N) is 1. The van der Waals surface area contributed by atoms with Gasteiger partial charge in [0.1, 0.15) is 0 Å². The van der Waals surface area contributed by atoms with Crippen molar-refractivity contribution in [1.82, 2.24) is 10.2 Å². The standard InChI is InChI=1S/C19H32N4OS/c20-18(21-9-5-10-23-11-13-24-14-12-23)22-16-19(7-2-1-3-8-19)17-6-4-15-25-17/h4,6,15H,1-3,5,7-14,16H2,(H3,20,21,22). The second-order valence-electron chi connectivity index (χ2n) is 7.25. The van der Waals surface area contributed by atoms with Crippen LogP contribution in [0.2, 0.25) is 0 Å². The van der Waals surface area contributed by atoms with Crippen LogP contribution in [0.1, 0.15) is 43.4 Å². The van der Waals surface area contributed by atoms with E-state index in [-0.39, 0.29) is 5.41 Å². The Morgan fingerprint density at radius 2 is 2.08 bits per heavy atom. The minimum Gasteiger partial charge on any atom is -0.379 e. The summed E-state index contributed by atoms with van der Waals surface area (Å²) >= 11 is 1.87. The highest BCUT2D eigenvalue weighted by atomic mass is 32.1. The van der Waals surface area contributed by atoms with Crippen LogP contribution >= 0.6 is 11.3 Å². The molecule has 2 fully saturated rings. The number of hydrogen-bond donors (Lipinski definition) is 2. The topological polar surface area (TPSA) is 62.9 Å². The molecule has 5 nitrogen and oxygen atoms in total. The van der Waals surface area contributed by atoms with Gasteiger partial charge in [0.05, 0.1) is 19.8 Å². The largest absolute Gasteiger partial charge is 0.379 e. The molecule has 0 bridgehead atoms. The lowest BCUT2D eigenvalue weighted by Crippen LogP contribution is -2.39. The molecule has 2 aliphatic rings. The van der Waals surface area contributed by atoms with Crippen molar-refractivity contribution in [1.29, 1.82) is 0 Å². The number of aliphatic imine (C=N–C) groups is 1. The average molecular weight is 365 g/mol. The molecule has 0 radical (unpaired) electrons. The molecule has 1 aromatic heterocycles. The highest BCUT2D eigenvalue weighted by Crippen LogP contribution is 2.41. The molecule has 1 aromatic rings. The zero-order chi connectivity index (χ0) is 17.4. The van der Waals surface area contributed by atoms with E-state index in [1.165, 1.54) is 37.0 Å². The fourth-order valence-electron chi connectivity index (χ4n) is 3.93. The van der Waals surface area contributed by atoms with Gasteiger partial charge in [0.15, 0.2) is 5.96 Å². The van der Waals surface area contributed by atoms with Crippen molar-refractivity contribution in [3.8, 4) is 0 Å². The second kappa shape index (κ2) is 9.55. The lowest BCUT2D eigenvalue weighted by molar-refractivity contribution is 0.0376. The van der Waals surface area contributed by atoms with Crippen LogP contribution in [0.15, 0.2) is 22.5 Å². The molecule has 0 atom stereocenters. The third-order valence-corrected chi connectivity index (χ3v) is 6.58. The summed E-state index contributed by atoms with van der Waals surface area (Å²) in [6.45, 7) is 6.63. The third-order valence-electron chi connectivity index (χ3n) is 5.47. The van der Waals surface area contributed by atoms with Crippen LogP contribution in [0.3, 0.4) is 0 Å². The van der Waals surface area contributed by atoms with Gasteiger partial charge in [0, 0.05) is 29.9 Å². The first-order chi connectivity index (χ1) is 12.3. The Morgan fingerprint density at radius 1 is 1.28 bits per heavy atom. The zero-order valence-electron chi connectivity index (χ0n) is 15.2. The number of nitrogens with zero attached hydrogens (tertiary/aromatic N) is 2. The molecule has 25 heavy (non-hydrogen) atoms. The zero-order valence-corrected chi connectivity index (χ0v) is 16.0. The van der Waals surface area contributed by atoms with E-state index in [1.807, 2.05) is 11.3 Å². The van der Waals surface area contributed by atoms with Gasteiger partial charge in [-0.1, -0.05) is 25.3 Å². The Balaban J connectivity index is 1.44. The van der Waals surface area contributed by atoms with Crippen molar-refractivity contribution in [3.63, 3.8) is 0 Å². The van der Waals surface area contributed by atoms with Gasteiger partial charge >= 0.3 is 0 Å². The van der Waals surface area contributed by atoms with Crippen molar-refractivity contribution in [2.75, 3.05) is 45.9 Å². The SMILES string of the molecule is NC(=NCC1(c2cccs2)CCCCC1)NCCCN1CCOCC1. The predicted molar refractivity (Wildman–Crippen MR) is 105 cm³/mol. The van der Waals surface area contributed by atoms with Crippen LogP contribution in [0.5, 0.6) is 0 Å². The van der Waals surface area contributed by atoms with E-state index in [4.69, 9.17) is 15.5 Å². The molecule has 0 spiro atoms. The normalized spacial score (nSPS) is 22.0. The fraction of sp³-hybridized carbons (Fsp3) is 0.737. The lowest BCUT2D eigenvalue weighted by atomic mass is 9.73. The van der Waals surface area contributed by atoms with Crippen LogP contribution in [0.25, 0.3) is 0 Å². The Morgan fingerprint density at radius 3 is 2.80 bits per heavy atom. The molecule has 3 rings (SSSR count). The Labute approximate surface area is 155 Å². The molecule has 3 N–H and O–H groups in total. The molecule has 0 unspecified atom stereocenters. The first-order valence-electron chi connectivity index (χ1n) is 9.66. The molecule has 1 saturated heterocycles. The Hall–Kier alpha value is -1.11. The van der Waals surface area contributed by atoms with Gasteiger partial charge in [-0.2, -0.15) is 0 Å². The summed E-state index contributed by atoms with van der Waals surface area (Å²) in [6.07, 6.45) is 7.53. The predicted octanol–water partition coefficient (Wildman–Crippen LogP) is 2.58. The number of ether oxygens (including phenoxy) is 1. The van der Waals surface area contributed by atoms with Crippen molar-refractivity contribution in [2.45, 2.75) is 43.9 Å². The Kier molecular flexibility index (Phi) is 7.13. The minimum atomic E-state index is 0.215. The molecular weight excluding hydrogens is 332 g/mol. The summed E-state index contributed by atoms with van der Waals surface area (Å²) in [5.41, 5.74) is 6.35. The van der Waals surface area contributed by atoms with Crippen LogP contribution < -0.4 is 11.1 Å². The molecule has 2 heterocycles. The van der Waals surface area contributed by atoms with Crippen LogP contribution in [0, 0.1) is 0 Å². The number of rotatable bonds is 7. The van der Waals surface area contributed by atoms with Gasteiger partial charge in [-0.05, 0) is 37.3 Å². The van der Waals surface area contributed by atoms with Crippen molar-refractivity contribution >= 4 is 17.3 Å². The van der Waals surface area contributed by atoms with E-state index in [1.54, 1.807) is 0 Å². The molecular formula is C19H32N4OS. The van der Waals surface area contributed by atoms with Gasteiger partial charge in [-0.25, -0.2) is 0 Å². The monoisotopic (exact) mass is 364 g/mol. The van der Waals surface area contributed by atoms with E-state index in [0.29, 0.717) is 5.96 Å². The van der Waals surface area contributed by atoms with Gasteiger partial charge in [0.25, 0.3) is 0 Å².